The Balaban J connectivity index is 2.45. The number of alkyl halides is 3. The topological polar surface area (TPSA) is 69.0 Å². The van der Waals surface area contributed by atoms with Gasteiger partial charge in [-0.2, -0.15) is 18.4 Å². The first-order valence-corrected chi connectivity index (χ1v) is 9.74. The standard InChI is InChI=1S/C24H27F3N2O2/c1-6-7-19(10-16(2)31-5)22(3,4)15-23(30,24(25,26)27)13-20-12-18-11-17(14-28)8-9-21(18)29-20/h6-12,29-30H,2,13,15H2,1,3-5H3/b7-6-,19-10+. The molecule has 0 saturated heterocycles. The number of aromatic amines is 1. The van der Waals surface area contributed by atoms with E-state index in [1.807, 2.05) is 6.07 Å². The van der Waals surface area contributed by atoms with E-state index in [1.165, 1.54) is 13.2 Å². The lowest BCUT2D eigenvalue weighted by Gasteiger charge is -2.38. The second-order valence-electron chi connectivity index (χ2n) is 8.25. The number of rotatable bonds is 8. The van der Waals surface area contributed by atoms with Crippen LogP contribution in [0.5, 0.6) is 0 Å². The van der Waals surface area contributed by atoms with Gasteiger partial charge in [0.1, 0.15) is 5.76 Å². The number of ether oxygens (including phenoxy) is 1. The summed E-state index contributed by atoms with van der Waals surface area (Å²) in [6.07, 6.45) is -1.11. The minimum Gasteiger partial charge on any atom is -0.497 e. The molecule has 0 fully saturated rings. The molecule has 166 valence electrons. The Bertz CT molecular complexity index is 1050. The molecule has 1 unspecified atom stereocenters. The zero-order valence-corrected chi connectivity index (χ0v) is 18.1. The summed E-state index contributed by atoms with van der Waals surface area (Å²) >= 11 is 0. The Morgan fingerprint density at radius 1 is 1.29 bits per heavy atom. The Kier molecular flexibility index (Phi) is 7.07. The summed E-state index contributed by atoms with van der Waals surface area (Å²) in [4.78, 5) is 2.92. The van der Waals surface area contributed by atoms with Gasteiger partial charge in [0.05, 0.1) is 18.7 Å². The largest absolute Gasteiger partial charge is 0.497 e. The van der Waals surface area contributed by atoms with E-state index in [1.54, 1.807) is 57.2 Å². The Hall–Kier alpha value is -2.98. The molecule has 0 spiro atoms. The third-order valence-corrected chi connectivity index (χ3v) is 5.26. The van der Waals surface area contributed by atoms with Crippen LogP contribution in [0.25, 0.3) is 10.9 Å². The van der Waals surface area contributed by atoms with E-state index in [-0.39, 0.29) is 5.69 Å². The van der Waals surface area contributed by atoms with Crippen LogP contribution < -0.4 is 0 Å². The molecule has 1 aromatic heterocycles. The van der Waals surface area contributed by atoms with Gasteiger partial charge in [0.2, 0.25) is 0 Å². The van der Waals surface area contributed by atoms with Crippen LogP contribution in [0.2, 0.25) is 0 Å². The second-order valence-corrected chi connectivity index (χ2v) is 8.25. The second kappa shape index (κ2) is 9.03. The number of nitrogens with zero attached hydrogens (tertiary/aromatic N) is 1. The SMILES string of the molecule is C=C(/C=C(\C=C/C)C(C)(C)CC(O)(Cc1cc2cc(C#N)ccc2[nH]1)C(F)(F)F)OC. The number of aliphatic hydroxyl groups is 1. The molecular formula is C24H27F3N2O2. The number of nitrogens with one attached hydrogen (secondary N) is 1. The maximum Gasteiger partial charge on any atom is 0.417 e. The van der Waals surface area contributed by atoms with E-state index in [9.17, 15) is 18.3 Å². The predicted octanol–water partition coefficient (Wildman–Crippen LogP) is 5.95. The van der Waals surface area contributed by atoms with E-state index in [0.717, 1.165) is 0 Å². The third-order valence-electron chi connectivity index (χ3n) is 5.26. The maximum absolute atomic E-state index is 14.1. The van der Waals surface area contributed by atoms with Crippen LogP contribution in [-0.2, 0) is 11.2 Å². The lowest BCUT2D eigenvalue weighted by atomic mass is 9.72. The van der Waals surface area contributed by atoms with Crippen molar-refractivity contribution in [2.45, 2.75) is 45.4 Å². The summed E-state index contributed by atoms with van der Waals surface area (Å²) in [5, 5.41) is 20.5. The van der Waals surface area contributed by atoms with Crippen molar-refractivity contribution >= 4 is 10.9 Å². The van der Waals surface area contributed by atoms with Crippen molar-refractivity contribution in [2.75, 3.05) is 7.11 Å². The van der Waals surface area contributed by atoms with Gasteiger partial charge in [0.25, 0.3) is 0 Å². The molecule has 0 radical (unpaired) electrons. The minimum atomic E-state index is -4.86. The molecule has 4 nitrogen and oxygen atoms in total. The van der Waals surface area contributed by atoms with Crippen LogP contribution in [0.4, 0.5) is 13.2 Å². The van der Waals surface area contributed by atoms with Crippen LogP contribution in [-0.4, -0.2) is 29.0 Å². The van der Waals surface area contributed by atoms with Crippen molar-refractivity contribution in [3.63, 3.8) is 0 Å². The first-order chi connectivity index (χ1) is 14.3. The molecular weight excluding hydrogens is 405 g/mol. The molecule has 31 heavy (non-hydrogen) atoms. The van der Waals surface area contributed by atoms with E-state index >= 15 is 0 Å². The average Bonchev–Trinajstić information content (AvgIpc) is 3.06. The zero-order valence-electron chi connectivity index (χ0n) is 18.1. The molecule has 0 aliphatic carbocycles. The van der Waals surface area contributed by atoms with Gasteiger partial charge < -0.3 is 14.8 Å². The number of aromatic nitrogens is 1. The predicted molar refractivity (Wildman–Crippen MR) is 115 cm³/mol. The smallest absolute Gasteiger partial charge is 0.417 e. The van der Waals surface area contributed by atoms with Crippen LogP contribution in [0, 0.1) is 16.7 Å². The van der Waals surface area contributed by atoms with Crippen molar-refractivity contribution in [3.8, 4) is 6.07 Å². The number of allylic oxidation sites excluding steroid dienone is 4. The fourth-order valence-electron chi connectivity index (χ4n) is 3.65. The van der Waals surface area contributed by atoms with Gasteiger partial charge in [-0.15, -0.1) is 0 Å². The van der Waals surface area contributed by atoms with Gasteiger partial charge in [-0.25, -0.2) is 0 Å². The fourth-order valence-corrected chi connectivity index (χ4v) is 3.65. The molecule has 0 aliphatic rings. The number of hydrogen-bond acceptors (Lipinski definition) is 3. The summed E-state index contributed by atoms with van der Waals surface area (Å²) in [6.45, 7) is 8.76. The monoisotopic (exact) mass is 432 g/mol. The lowest BCUT2D eigenvalue weighted by molar-refractivity contribution is -0.268. The lowest BCUT2D eigenvalue weighted by Crippen LogP contribution is -2.50. The van der Waals surface area contributed by atoms with Crippen molar-refractivity contribution in [1.82, 2.24) is 4.98 Å². The van der Waals surface area contributed by atoms with Crippen LogP contribution in [0.15, 0.2) is 60.4 Å². The number of methoxy groups -OCH3 is 1. The number of H-pyrrole nitrogens is 1. The first-order valence-electron chi connectivity index (χ1n) is 9.74. The van der Waals surface area contributed by atoms with Crippen LogP contribution in [0.3, 0.4) is 0 Å². The summed E-state index contributed by atoms with van der Waals surface area (Å²) < 4.78 is 47.3. The number of hydrogen-bond donors (Lipinski definition) is 2. The average molecular weight is 432 g/mol. The van der Waals surface area contributed by atoms with Crippen molar-refractivity contribution in [2.24, 2.45) is 5.41 Å². The van der Waals surface area contributed by atoms with Crippen molar-refractivity contribution < 1.29 is 23.0 Å². The van der Waals surface area contributed by atoms with Crippen LogP contribution in [0.1, 0.15) is 38.4 Å². The number of halogens is 3. The summed E-state index contributed by atoms with van der Waals surface area (Å²) in [5.74, 6) is 0.306. The molecule has 0 bridgehead atoms. The van der Waals surface area contributed by atoms with Gasteiger partial charge in [-0.3, -0.25) is 0 Å². The molecule has 2 aromatic rings. The zero-order chi connectivity index (χ0) is 23.4. The number of nitriles is 1. The van der Waals surface area contributed by atoms with Gasteiger partial charge in [0, 0.05) is 23.0 Å². The molecule has 0 aliphatic heterocycles. The normalized spacial score (nSPS) is 15.1. The summed E-state index contributed by atoms with van der Waals surface area (Å²) in [5.41, 5.74) is -2.23. The van der Waals surface area contributed by atoms with Gasteiger partial charge in [-0.05, 0) is 54.7 Å². The highest BCUT2D eigenvalue weighted by Gasteiger charge is 2.56. The molecule has 1 atom stereocenters. The van der Waals surface area contributed by atoms with Crippen LogP contribution >= 0.6 is 0 Å². The van der Waals surface area contributed by atoms with E-state index in [4.69, 9.17) is 10.00 Å². The molecule has 2 rings (SSSR count). The Morgan fingerprint density at radius 2 is 1.97 bits per heavy atom. The Labute approximate surface area is 180 Å². The molecule has 0 amide bonds. The van der Waals surface area contributed by atoms with E-state index in [0.29, 0.717) is 27.8 Å². The maximum atomic E-state index is 14.1. The highest BCUT2D eigenvalue weighted by molar-refractivity contribution is 5.81. The van der Waals surface area contributed by atoms with Gasteiger partial charge >= 0.3 is 6.18 Å². The molecule has 2 N–H and O–H groups in total. The van der Waals surface area contributed by atoms with Gasteiger partial charge in [-0.1, -0.05) is 32.6 Å². The minimum absolute atomic E-state index is 0.235. The fraction of sp³-hybridized carbons (Fsp3) is 0.375. The highest BCUT2D eigenvalue weighted by atomic mass is 19.4. The van der Waals surface area contributed by atoms with E-state index < -0.39 is 30.0 Å². The van der Waals surface area contributed by atoms with Crippen molar-refractivity contribution in [3.05, 3.63) is 71.7 Å². The molecule has 1 aromatic carbocycles. The molecule has 0 saturated carbocycles. The first kappa shape index (κ1) is 24.3. The molecule has 7 heteroatoms. The highest BCUT2D eigenvalue weighted by Crippen LogP contribution is 2.45. The third kappa shape index (κ3) is 5.59. The molecule has 1 heterocycles. The van der Waals surface area contributed by atoms with E-state index in [2.05, 4.69) is 11.6 Å². The quantitative estimate of drug-likeness (QED) is 0.400. The van der Waals surface area contributed by atoms with Gasteiger partial charge in [0.15, 0.2) is 5.60 Å². The number of fused-ring (bicyclic) bond motifs is 1. The summed E-state index contributed by atoms with van der Waals surface area (Å²) in [7, 11) is 1.43. The Morgan fingerprint density at radius 3 is 2.52 bits per heavy atom. The number of benzene rings is 1. The van der Waals surface area contributed by atoms with Crippen molar-refractivity contribution in [1.29, 1.82) is 5.26 Å². The summed E-state index contributed by atoms with van der Waals surface area (Å²) in [6, 6.07) is 8.35.